The van der Waals surface area contributed by atoms with Gasteiger partial charge in [0.1, 0.15) is 0 Å². The van der Waals surface area contributed by atoms with Gasteiger partial charge >= 0.3 is 35.5 Å². The van der Waals surface area contributed by atoms with E-state index < -0.39 is 36.2 Å². The fourth-order valence-corrected chi connectivity index (χ4v) is 2.17. The summed E-state index contributed by atoms with van der Waals surface area (Å²) in [6.45, 7) is 7.19. The minimum atomic E-state index is -1.77. The molecule has 0 saturated heterocycles. The molecule has 2 amide bonds. The van der Waals surface area contributed by atoms with Crippen LogP contribution in [0.25, 0.3) is 0 Å². The number of carboxylic acids is 1. The standard InChI is InChI=1S/C20H29NO6.Na/c1-4-7-9-11-13-17(22)21(18(23)14-12-10-8-5-2)16(20(25)26)15-19(24)27-6-3;/h6,11-14,16H,3-5,7-10,15H2,1-2H3,(H,25,26);/q;+1/p-1/b13-11+,14-12+;. The molecule has 0 aromatic heterocycles. The second-order valence-corrected chi connectivity index (χ2v) is 5.83. The maximum atomic E-state index is 12.4. The first-order valence-electron chi connectivity index (χ1n) is 9.10. The van der Waals surface area contributed by atoms with Crippen LogP contribution in [0.2, 0.25) is 0 Å². The molecule has 0 aromatic carbocycles. The molecule has 1 atom stereocenters. The molecule has 0 aliphatic rings. The van der Waals surface area contributed by atoms with E-state index in [0.717, 1.165) is 44.1 Å². The third-order valence-corrected chi connectivity index (χ3v) is 3.60. The Bertz CT molecular complexity index is 555. The van der Waals surface area contributed by atoms with Gasteiger partial charge in [0.2, 0.25) is 0 Å². The summed E-state index contributed by atoms with van der Waals surface area (Å²) in [7, 11) is 0. The van der Waals surface area contributed by atoms with Crippen molar-refractivity contribution in [1.82, 2.24) is 4.90 Å². The SMILES string of the molecule is C=COC(=O)CC(C(=O)[O-])N(C(=O)/C=C/CCCC)C(=O)/C=C/CCCC.[Na+]. The zero-order chi connectivity index (χ0) is 20.7. The van der Waals surface area contributed by atoms with Crippen LogP contribution in [0.4, 0.5) is 0 Å². The number of ether oxygens (including phenoxy) is 1. The van der Waals surface area contributed by atoms with Gasteiger partial charge in [0.05, 0.1) is 24.7 Å². The van der Waals surface area contributed by atoms with Gasteiger partial charge in [-0.3, -0.25) is 19.3 Å². The number of imide groups is 1. The van der Waals surface area contributed by atoms with Crippen LogP contribution in [0.5, 0.6) is 0 Å². The van der Waals surface area contributed by atoms with Crippen molar-refractivity contribution in [2.24, 2.45) is 0 Å². The Morgan fingerprint density at radius 3 is 1.82 bits per heavy atom. The van der Waals surface area contributed by atoms with Crippen LogP contribution >= 0.6 is 0 Å². The molecule has 7 nitrogen and oxygen atoms in total. The molecular formula is C20H28NNaO6. The van der Waals surface area contributed by atoms with Gasteiger partial charge in [0.25, 0.3) is 11.8 Å². The molecule has 0 aromatic rings. The van der Waals surface area contributed by atoms with E-state index in [9.17, 15) is 24.3 Å². The van der Waals surface area contributed by atoms with Crippen LogP contribution in [0, 0.1) is 0 Å². The van der Waals surface area contributed by atoms with Gasteiger partial charge in [-0.25, -0.2) is 0 Å². The summed E-state index contributed by atoms with van der Waals surface area (Å²) >= 11 is 0. The van der Waals surface area contributed by atoms with E-state index in [1.807, 2.05) is 13.8 Å². The number of esters is 1. The number of rotatable bonds is 13. The Morgan fingerprint density at radius 1 is 1.00 bits per heavy atom. The summed E-state index contributed by atoms with van der Waals surface area (Å²) in [5.74, 6) is -4.30. The molecule has 0 radical (unpaired) electrons. The van der Waals surface area contributed by atoms with Gasteiger partial charge in [0.15, 0.2) is 0 Å². The van der Waals surface area contributed by atoms with Gasteiger partial charge in [-0.15, -0.1) is 0 Å². The molecule has 0 saturated carbocycles. The zero-order valence-electron chi connectivity index (χ0n) is 17.0. The van der Waals surface area contributed by atoms with Gasteiger partial charge < -0.3 is 14.6 Å². The van der Waals surface area contributed by atoms with E-state index in [0.29, 0.717) is 17.7 Å². The quantitative estimate of drug-likeness (QED) is 0.129. The fraction of sp³-hybridized carbons (Fsp3) is 0.500. The van der Waals surface area contributed by atoms with E-state index in [-0.39, 0.29) is 29.6 Å². The number of allylic oxidation sites excluding steroid dienone is 2. The third kappa shape index (κ3) is 11.9. The predicted octanol–water partition coefficient (Wildman–Crippen LogP) is -0.966. The summed E-state index contributed by atoms with van der Waals surface area (Å²) in [6, 6.07) is -1.77. The molecule has 0 N–H and O–H groups in total. The number of carbonyl (C=O) groups excluding carboxylic acids is 4. The van der Waals surface area contributed by atoms with Crippen molar-refractivity contribution in [2.75, 3.05) is 0 Å². The van der Waals surface area contributed by atoms with Gasteiger partial charge in [-0.1, -0.05) is 58.3 Å². The predicted molar refractivity (Wildman–Crippen MR) is 98.9 cm³/mol. The van der Waals surface area contributed by atoms with Crippen molar-refractivity contribution >= 4 is 23.8 Å². The molecule has 0 fully saturated rings. The monoisotopic (exact) mass is 401 g/mol. The Morgan fingerprint density at radius 2 is 1.46 bits per heavy atom. The summed E-state index contributed by atoms with van der Waals surface area (Å²) in [5.41, 5.74) is 0. The van der Waals surface area contributed by atoms with Crippen LogP contribution in [0.15, 0.2) is 37.1 Å². The Labute approximate surface area is 188 Å². The number of aliphatic carboxylic acids is 1. The van der Waals surface area contributed by atoms with Crippen LogP contribution in [-0.4, -0.2) is 34.7 Å². The van der Waals surface area contributed by atoms with Gasteiger partial charge in [0, 0.05) is 0 Å². The molecular weight excluding hydrogens is 373 g/mol. The molecule has 0 rings (SSSR count). The fourth-order valence-electron chi connectivity index (χ4n) is 2.17. The smallest absolute Gasteiger partial charge is 0.548 e. The number of unbranched alkanes of at least 4 members (excludes halogenated alkanes) is 4. The molecule has 0 spiro atoms. The second-order valence-electron chi connectivity index (χ2n) is 5.83. The molecule has 0 aliphatic heterocycles. The maximum Gasteiger partial charge on any atom is 1.00 e. The molecule has 150 valence electrons. The van der Waals surface area contributed by atoms with Crippen molar-refractivity contribution in [3.05, 3.63) is 37.1 Å². The van der Waals surface area contributed by atoms with Crippen molar-refractivity contribution in [2.45, 2.75) is 64.8 Å². The van der Waals surface area contributed by atoms with Crippen molar-refractivity contribution in [3.63, 3.8) is 0 Å². The summed E-state index contributed by atoms with van der Waals surface area (Å²) in [5, 5.41) is 11.5. The number of hydrogen-bond donors (Lipinski definition) is 0. The Balaban J connectivity index is 0. The van der Waals surface area contributed by atoms with Gasteiger partial charge in [-0.2, -0.15) is 0 Å². The van der Waals surface area contributed by atoms with Crippen molar-refractivity contribution in [3.8, 4) is 0 Å². The molecule has 28 heavy (non-hydrogen) atoms. The number of amides is 2. The summed E-state index contributed by atoms with van der Waals surface area (Å²) in [4.78, 5) is 48.5. The number of hydrogen-bond acceptors (Lipinski definition) is 6. The largest absolute Gasteiger partial charge is 1.00 e. The molecule has 0 aliphatic carbocycles. The third-order valence-electron chi connectivity index (χ3n) is 3.60. The van der Waals surface area contributed by atoms with E-state index in [4.69, 9.17) is 0 Å². The second kappa shape index (κ2) is 17.4. The van der Waals surface area contributed by atoms with E-state index in [1.165, 1.54) is 0 Å². The van der Waals surface area contributed by atoms with Crippen LogP contribution < -0.4 is 34.7 Å². The first-order valence-corrected chi connectivity index (χ1v) is 9.10. The van der Waals surface area contributed by atoms with Crippen molar-refractivity contribution < 1.29 is 58.6 Å². The average Bonchev–Trinajstić information content (AvgIpc) is 2.62. The zero-order valence-corrected chi connectivity index (χ0v) is 19.0. The van der Waals surface area contributed by atoms with Crippen LogP contribution in [-0.2, 0) is 23.9 Å². The van der Waals surface area contributed by atoms with E-state index >= 15 is 0 Å². The number of carbonyl (C=O) groups is 4. The van der Waals surface area contributed by atoms with Crippen molar-refractivity contribution in [1.29, 1.82) is 0 Å². The topological polar surface area (TPSA) is 104 Å². The summed E-state index contributed by atoms with van der Waals surface area (Å²) < 4.78 is 4.51. The Hall–Kier alpha value is -1.70. The van der Waals surface area contributed by atoms with Gasteiger partial charge in [-0.05, 0) is 25.0 Å². The minimum Gasteiger partial charge on any atom is -0.548 e. The number of carboxylic acid groups (broad SMARTS) is 1. The molecule has 1 unspecified atom stereocenters. The maximum absolute atomic E-state index is 12.4. The van der Waals surface area contributed by atoms with Crippen LogP contribution in [0.3, 0.4) is 0 Å². The van der Waals surface area contributed by atoms with Crippen LogP contribution in [0.1, 0.15) is 58.8 Å². The normalized spacial score (nSPS) is 11.6. The molecule has 8 heteroatoms. The summed E-state index contributed by atoms with van der Waals surface area (Å²) in [6.07, 6.45) is 10.3. The Kier molecular flexibility index (Phi) is 17.7. The average molecular weight is 401 g/mol. The van der Waals surface area contributed by atoms with E-state index in [1.54, 1.807) is 12.2 Å². The first-order chi connectivity index (χ1) is 12.9. The molecule has 0 bridgehead atoms. The van der Waals surface area contributed by atoms with E-state index in [2.05, 4.69) is 11.3 Å². The number of nitrogens with zero attached hydrogens (tertiary/aromatic N) is 1. The first kappa shape index (κ1) is 28.5. The minimum absolute atomic E-state index is 0. The molecule has 0 heterocycles.